The fourth-order valence-electron chi connectivity index (χ4n) is 8.95. The van der Waals surface area contributed by atoms with Crippen molar-refractivity contribution in [3.8, 4) is 0 Å². The molecule has 0 aromatic heterocycles. The molecule has 0 aliphatic carbocycles. The summed E-state index contributed by atoms with van der Waals surface area (Å²) in [6.07, 6.45) is 43.8. The number of rotatable bonds is 47. The van der Waals surface area contributed by atoms with Crippen molar-refractivity contribution in [3.63, 3.8) is 0 Å². The quantitative estimate of drug-likeness (QED) is 0.0172. The van der Waals surface area contributed by atoms with Gasteiger partial charge in [0.2, 0.25) is 0 Å². The van der Waals surface area contributed by atoms with Crippen LogP contribution in [0.5, 0.6) is 0 Å². The van der Waals surface area contributed by atoms with Gasteiger partial charge in [0.25, 0.3) is 0 Å². The lowest BCUT2D eigenvalue weighted by Crippen LogP contribution is -2.61. The van der Waals surface area contributed by atoms with Crippen molar-refractivity contribution in [2.45, 2.75) is 274 Å². The summed E-state index contributed by atoms with van der Waals surface area (Å²) < 4.78 is 34.4. The van der Waals surface area contributed by atoms with E-state index in [2.05, 4.69) is 86.8 Å². The standard InChI is InChI=1S/C61H106O14/c1-3-5-7-9-11-13-15-17-19-21-22-23-24-25-26-27-29-31-33-35-37-39-41-43-45-70-47-50(73-53(63)44-42-40-38-36-34-32-30-28-20-18-16-14-12-10-8-6-4-2)48-71-60-59(69)57(67)55(65)52(75-60)49-72-61-58(68)56(66)54(64)51(46-62)74-61/h5,7,11,13,17-20,22-23,25-26,50-52,54-62,64-69H,3-4,6,8-10,12,14-16,21,24,27-49H2,1-2H3/b7-5-,13-11-,19-17-,20-18-,23-22-,26-25-. The maximum atomic E-state index is 13.1. The molecule has 11 atom stereocenters. The number of unbranched alkanes of at least 4 members (excludes halogenated alkanes) is 21. The fourth-order valence-corrected chi connectivity index (χ4v) is 8.95. The Morgan fingerprint density at radius 2 is 0.867 bits per heavy atom. The maximum Gasteiger partial charge on any atom is 0.306 e. The van der Waals surface area contributed by atoms with Crippen LogP contribution < -0.4 is 0 Å². The third-order valence-corrected chi connectivity index (χ3v) is 13.7. The summed E-state index contributed by atoms with van der Waals surface area (Å²) >= 11 is 0. The molecule has 2 heterocycles. The van der Waals surface area contributed by atoms with E-state index in [0.717, 1.165) is 83.5 Å². The number of carbonyl (C=O) groups is 1. The smallest absolute Gasteiger partial charge is 0.306 e. The number of hydrogen-bond donors (Lipinski definition) is 7. The van der Waals surface area contributed by atoms with Gasteiger partial charge < -0.3 is 64.2 Å². The van der Waals surface area contributed by atoms with Crippen LogP contribution in [0.15, 0.2) is 72.9 Å². The van der Waals surface area contributed by atoms with Crippen molar-refractivity contribution in [1.29, 1.82) is 0 Å². The predicted molar refractivity (Wildman–Crippen MR) is 298 cm³/mol. The molecule has 0 bridgehead atoms. The van der Waals surface area contributed by atoms with Crippen LogP contribution in [0.2, 0.25) is 0 Å². The van der Waals surface area contributed by atoms with Crippen molar-refractivity contribution in [1.82, 2.24) is 0 Å². The Morgan fingerprint density at radius 1 is 0.453 bits per heavy atom. The van der Waals surface area contributed by atoms with Crippen LogP contribution in [0.25, 0.3) is 0 Å². The first-order valence-electron chi connectivity index (χ1n) is 29.5. The monoisotopic (exact) mass is 1060 g/mol. The second-order valence-electron chi connectivity index (χ2n) is 20.4. The third kappa shape index (κ3) is 34.1. The van der Waals surface area contributed by atoms with E-state index >= 15 is 0 Å². The van der Waals surface area contributed by atoms with Gasteiger partial charge in [-0.05, 0) is 83.5 Å². The van der Waals surface area contributed by atoms with E-state index in [1.165, 1.54) is 96.3 Å². The van der Waals surface area contributed by atoms with Gasteiger partial charge in [-0.3, -0.25) is 4.79 Å². The minimum atomic E-state index is -1.71. The second-order valence-corrected chi connectivity index (χ2v) is 20.4. The maximum absolute atomic E-state index is 13.1. The van der Waals surface area contributed by atoms with E-state index in [4.69, 9.17) is 28.4 Å². The van der Waals surface area contributed by atoms with E-state index < -0.39 is 80.7 Å². The fraction of sp³-hybridized carbons (Fsp3) is 0.787. The predicted octanol–water partition coefficient (Wildman–Crippen LogP) is 10.6. The summed E-state index contributed by atoms with van der Waals surface area (Å²) in [5.41, 5.74) is 0. The number of ether oxygens (including phenoxy) is 6. The van der Waals surface area contributed by atoms with Crippen LogP contribution in [0.1, 0.15) is 206 Å². The van der Waals surface area contributed by atoms with Crippen molar-refractivity contribution in [2.75, 3.05) is 33.0 Å². The average Bonchev–Trinajstić information content (AvgIpc) is 3.41. The van der Waals surface area contributed by atoms with Crippen molar-refractivity contribution < 1.29 is 69.0 Å². The molecule has 2 rings (SSSR count). The number of aliphatic hydroxyl groups excluding tert-OH is 7. The summed E-state index contributed by atoms with van der Waals surface area (Å²) in [6, 6.07) is 0. The van der Waals surface area contributed by atoms with Gasteiger partial charge in [0.15, 0.2) is 12.6 Å². The molecule has 0 radical (unpaired) electrons. The van der Waals surface area contributed by atoms with Gasteiger partial charge in [-0.25, -0.2) is 0 Å². The molecule has 0 aromatic carbocycles. The molecule has 2 fully saturated rings. The highest BCUT2D eigenvalue weighted by Gasteiger charge is 2.47. The molecule has 434 valence electrons. The van der Waals surface area contributed by atoms with Crippen LogP contribution >= 0.6 is 0 Å². The lowest BCUT2D eigenvalue weighted by Gasteiger charge is -2.42. The Kier molecular flexibility index (Phi) is 43.3. The van der Waals surface area contributed by atoms with Crippen LogP contribution in [-0.2, 0) is 33.2 Å². The molecular formula is C61H106O14. The van der Waals surface area contributed by atoms with Gasteiger partial charge >= 0.3 is 5.97 Å². The highest BCUT2D eigenvalue weighted by atomic mass is 16.7. The Hall–Kier alpha value is -2.57. The highest BCUT2D eigenvalue weighted by molar-refractivity contribution is 5.69. The van der Waals surface area contributed by atoms with Crippen molar-refractivity contribution in [3.05, 3.63) is 72.9 Å². The number of allylic oxidation sites excluding steroid dienone is 12. The lowest BCUT2D eigenvalue weighted by atomic mass is 9.98. The van der Waals surface area contributed by atoms with Crippen LogP contribution in [-0.4, -0.2) is 142 Å². The zero-order valence-electron chi connectivity index (χ0n) is 46.5. The number of hydrogen-bond acceptors (Lipinski definition) is 14. The highest BCUT2D eigenvalue weighted by Crippen LogP contribution is 2.26. The van der Waals surface area contributed by atoms with E-state index in [9.17, 15) is 40.5 Å². The van der Waals surface area contributed by atoms with Crippen LogP contribution in [0.4, 0.5) is 0 Å². The van der Waals surface area contributed by atoms with Crippen LogP contribution in [0, 0.1) is 0 Å². The van der Waals surface area contributed by atoms with Gasteiger partial charge in [0.1, 0.15) is 54.9 Å². The van der Waals surface area contributed by atoms with Gasteiger partial charge in [-0.1, -0.05) is 189 Å². The van der Waals surface area contributed by atoms with Gasteiger partial charge in [0, 0.05) is 13.0 Å². The molecule has 2 saturated heterocycles. The zero-order chi connectivity index (χ0) is 54.4. The number of esters is 1. The van der Waals surface area contributed by atoms with E-state index in [1.807, 2.05) is 0 Å². The Labute approximate surface area is 453 Å². The first kappa shape index (κ1) is 68.5. The number of carbonyl (C=O) groups excluding carboxylic acids is 1. The molecule has 75 heavy (non-hydrogen) atoms. The van der Waals surface area contributed by atoms with Crippen LogP contribution in [0.3, 0.4) is 0 Å². The topological polar surface area (TPSA) is 214 Å². The van der Waals surface area contributed by atoms with Gasteiger partial charge in [0.05, 0.1) is 26.4 Å². The molecule has 7 N–H and O–H groups in total. The molecule has 11 unspecified atom stereocenters. The molecule has 14 nitrogen and oxygen atoms in total. The molecule has 2 aliphatic heterocycles. The van der Waals surface area contributed by atoms with E-state index in [-0.39, 0.29) is 25.6 Å². The molecule has 14 heteroatoms. The summed E-state index contributed by atoms with van der Waals surface area (Å²) in [6.45, 7) is 3.55. The van der Waals surface area contributed by atoms with Crippen molar-refractivity contribution in [2.24, 2.45) is 0 Å². The summed E-state index contributed by atoms with van der Waals surface area (Å²) in [5, 5.41) is 72.4. The summed E-state index contributed by atoms with van der Waals surface area (Å²) in [4.78, 5) is 13.1. The minimum Gasteiger partial charge on any atom is -0.457 e. The number of aliphatic hydroxyl groups is 7. The first-order valence-corrected chi connectivity index (χ1v) is 29.5. The molecule has 0 saturated carbocycles. The molecular weight excluding hydrogens is 957 g/mol. The SMILES string of the molecule is CC/C=C\C/C=C\C/C=C\C/C=C\C/C=C\CCCCCCCCCCOCC(COC1OC(COC2OC(CO)C(O)C(O)C2O)C(O)C(O)C1O)OC(=O)CCCCCCCCC/C=C\CCCCCCCC. The van der Waals surface area contributed by atoms with Gasteiger partial charge in [-0.15, -0.1) is 0 Å². The minimum absolute atomic E-state index is 0.0511. The Balaban J connectivity index is 1.71. The Bertz CT molecular complexity index is 1510. The molecule has 2 aliphatic rings. The summed E-state index contributed by atoms with van der Waals surface area (Å²) in [7, 11) is 0. The van der Waals surface area contributed by atoms with E-state index in [1.54, 1.807) is 0 Å². The van der Waals surface area contributed by atoms with Crippen molar-refractivity contribution >= 4 is 5.97 Å². The van der Waals surface area contributed by atoms with Gasteiger partial charge in [-0.2, -0.15) is 0 Å². The molecule has 0 spiro atoms. The normalized spacial score (nSPS) is 25.1. The average molecular weight is 1060 g/mol. The largest absolute Gasteiger partial charge is 0.457 e. The molecule has 0 aromatic rings. The first-order chi connectivity index (χ1) is 36.6. The van der Waals surface area contributed by atoms with E-state index in [0.29, 0.717) is 13.0 Å². The third-order valence-electron chi connectivity index (χ3n) is 13.7. The lowest BCUT2D eigenvalue weighted by molar-refractivity contribution is -0.332. The Morgan fingerprint density at radius 3 is 1.37 bits per heavy atom. The summed E-state index contributed by atoms with van der Waals surface area (Å²) in [5.74, 6) is -0.385. The molecule has 0 amide bonds. The zero-order valence-corrected chi connectivity index (χ0v) is 46.5. The second kappa shape index (κ2) is 47.4.